The van der Waals surface area contributed by atoms with E-state index in [1.54, 1.807) is 0 Å². The zero-order valence-electron chi connectivity index (χ0n) is 15.8. The molecule has 0 aliphatic carbocycles. The van der Waals surface area contributed by atoms with E-state index in [1.165, 1.54) is 6.92 Å². The normalized spacial score (nSPS) is 16.9. The van der Waals surface area contributed by atoms with Crippen LogP contribution in [0.15, 0.2) is 60.8 Å². The predicted molar refractivity (Wildman–Crippen MR) is 108 cm³/mol. The van der Waals surface area contributed by atoms with Crippen molar-refractivity contribution < 1.29 is 14.3 Å². The van der Waals surface area contributed by atoms with E-state index in [9.17, 15) is 9.59 Å². The van der Waals surface area contributed by atoms with Gasteiger partial charge < -0.3 is 19.5 Å². The molecule has 1 aliphatic heterocycles. The maximum atomic E-state index is 12.9. The Morgan fingerprint density at radius 1 is 1.11 bits per heavy atom. The molecule has 6 nitrogen and oxygen atoms in total. The zero-order chi connectivity index (χ0) is 19.5. The van der Waals surface area contributed by atoms with Crippen LogP contribution in [-0.2, 0) is 20.9 Å². The number of anilines is 1. The molecule has 28 heavy (non-hydrogen) atoms. The Morgan fingerprint density at radius 3 is 2.71 bits per heavy atom. The summed E-state index contributed by atoms with van der Waals surface area (Å²) in [6, 6.07) is 17.6. The van der Waals surface area contributed by atoms with Crippen LogP contribution in [-0.4, -0.2) is 41.0 Å². The molecule has 0 spiro atoms. The molecule has 1 saturated heterocycles. The summed E-state index contributed by atoms with van der Waals surface area (Å²) in [6.45, 7) is 3.43. The van der Waals surface area contributed by atoms with Crippen molar-refractivity contribution in [1.29, 1.82) is 0 Å². The van der Waals surface area contributed by atoms with Gasteiger partial charge in [0.25, 0.3) is 0 Å². The maximum Gasteiger partial charge on any atom is 0.242 e. The van der Waals surface area contributed by atoms with Gasteiger partial charge in [-0.25, -0.2) is 0 Å². The highest BCUT2D eigenvalue weighted by Gasteiger charge is 2.25. The number of amides is 2. The average Bonchev–Trinajstić information content (AvgIpc) is 3.12. The molecule has 3 aromatic rings. The monoisotopic (exact) mass is 377 g/mol. The van der Waals surface area contributed by atoms with Gasteiger partial charge >= 0.3 is 0 Å². The number of aromatic nitrogens is 1. The second kappa shape index (κ2) is 7.86. The number of hydrogen-bond acceptors (Lipinski definition) is 3. The Balaban J connectivity index is 1.50. The number of nitrogens with zero attached hydrogens (tertiary/aromatic N) is 2. The third-order valence-electron chi connectivity index (χ3n) is 5.02. The number of carbonyl (C=O) groups excluding carboxylic acids is 2. The summed E-state index contributed by atoms with van der Waals surface area (Å²) in [5.41, 5.74) is 2.77. The van der Waals surface area contributed by atoms with E-state index < -0.39 is 0 Å². The first-order valence-corrected chi connectivity index (χ1v) is 9.41. The molecule has 0 unspecified atom stereocenters. The number of nitrogens with one attached hydrogen (secondary N) is 1. The Hall–Kier alpha value is -3.12. The zero-order valence-corrected chi connectivity index (χ0v) is 15.8. The summed E-state index contributed by atoms with van der Waals surface area (Å²) in [4.78, 5) is 26.2. The summed E-state index contributed by atoms with van der Waals surface area (Å²) in [7, 11) is 0. The molecule has 2 amide bonds. The van der Waals surface area contributed by atoms with E-state index in [0.29, 0.717) is 19.7 Å². The van der Waals surface area contributed by atoms with E-state index in [-0.39, 0.29) is 24.5 Å². The van der Waals surface area contributed by atoms with Gasteiger partial charge in [0.05, 0.1) is 24.4 Å². The van der Waals surface area contributed by atoms with Gasteiger partial charge in [0.1, 0.15) is 12.6 Å². The first-order valence-electron chi connectivity index (χ1n) is 9.41. The fourth-order valence-corrected chi connectivity index (χ4v) is 3.65. The van der Waals surface area contributed by atoms with Crippen LogP contribution < -0.4 is 5.32 Å². The minimum atomic E-state index is -0.114. The lowest BCUT2D eigenvalue weighted by Gasteiger charge is -2.33. The molecule has 1 N–H and O–H groups in total. The summed E-state index contributed by atoms with van der Waals surface area (Å²) in [5, 5.41) is 3.76. The molecule has 4 rings (SSSR count). The number of ether oxygens (including phenoxy) is 1. The Bertz CT molecular complexity index is 997. The fraction of sp³-hybridized carbons (Fsp3) is 0.273. The van der Waals surface area contributed by atoms with Gasteiger partial charge in [-0.2, -0.15) is 0 Å². The lowest BCUT2D eigenvalue weighted by Crippen LogP contribution is -2.43. The van der Waals surface area contributed by atoms with Crippen molar-refractivity contribution in [3.05, 3.63) is 66.4 Å². The molecule has 1 atom stereocenters. The van der Waals surface area contributed by atoms with Crippen molar-refractivity contribution in [2.45, 2.75) is 19.6 Å². The predicted octanol–water partition coefficient (Wildman–Crippen LogP) is 3.20. The molecule has 1 aromatic heterocycles. The summed E-state index contributed by atoms with van der Waals surface area (Å²) >= 11 is 0. The van der Waals surface area contributed by atoms with Crippen LogP contribution in [0.5, 0.6) is 0 Å². The van der Waals surface area contributed by atoms with Crippen LogP contribution in [0.25, 0.3) is 10.9 Å². The SMILES string of the molecule is CC(=O)Nc1cccc2c1ccn2CC(=O)N1CCO[C@H](c2ccccc2)C1. The van der Waals surface area contributed by atoms with E-state index in [2.05, 4.69) is 5.32 Å². The standard InChI is InChI=1S/C22H23N3O3/c1-16(26)23-19-8-5-9-20-18(19)10-11-24(20)15-22(27)25-12-13-28-21(14-25)17-6-3-2-4-7-17/h2-11,21H,12-15H2,1H3,(H,23,26)/t21-/m0/s1. The molecule has 0 bridgehead atoms. The molecular weight excluding hydrogens is 354 g/mol. The average molecular weight is 377 g/mol. The number of morpholine rings is 1. The van der Waals surface area contributed by atoms with E-state index in [4.69, 9.17) is 4.74 Å². The molecule has 1 aliphatic rings. The van der Waals surface area contributed by atoms with Crippen molar-refractivity contribution in [2.24, 2.45) is 0 Å². The van der Waals surface area contributed by atoms with Gasteiger partial charge in [0, 0.05) is 25.1 Å². The number of carbonyl (C=O) groups is 2. The summed E-state index contributed by atoms with van der Waals surface area (Å²) in [6.07, 6.45) is 1.80. The van der Waals surface area contributed by atoms with Crippen LogP contribution in [0.3, 0.4) is 0 Å². The first-order chi connectivity index (χ1) is 13.6. The van der Waals surface area contributed by atoms with E-state index >= 15 is 0 Å². The van der Waals surface area contributed by atoms with Crippen molar-refractivity contribution in [1.82, 2.24) is 9.47 Å². The van der Waals surface area contributed by atoms with Gasteiger partial charge in [0.2, 0.25) is 11.8 Å². The van der Waals surface area contributed by atoms with Gasteiger partial charge in [-0.3, -0.25) is 9.59 Å². The minimum absolute atomic E-state index is 0.0617. The fourth-order valence-electron chi connectivity index (χ4n) is 3.65. The molecule has 0 radical (unpaired) electrons. The lowest BCUT2D eigenvalue weighted by molar-refractivity contribution is -0.139. The largest absolute Gasteiger partial charge is 0.370 e. The highest BCUT2D eigenvalue weighted by Crippen LogP contribution is 2.26. The topological polar surface area (TPSA) is 63.6 Å². The number of hydrogen-bond donors (Lipinski definition) is 1. The molecule has 2 aromatic carbocycles. The van der Waals surface area contributed by atoms with Gasteiger partial charge in [-0.1, -0.05) is 36.4 Å². The molecule has 0 saturated carbocycles. The Kier molecular flexibility index (Phi) is 5.12. The molecular formula is C22H23N3O3. The van der Waals surface area contributed by atoms with Gasteiger partial charge in [0.15, 0.2) is 0 Å². The van der Waals surface area contributed by atoms with E-state index in [1.807, 2.05) is 70.3 Å². The van der Waals surface area contributed by atoms with Crippen LogP contribution in [0.1, 0.15) is 18.6 Å². The van der Waals surface area contributed by atoms with Gasteiger partial charge in [-0.05, 0) is 23.8 Å². The van der Waals surface area contributed by atoms with Crippen molar-refractivity contribution in [2.75, 3.05) is 25.0 Å². The smallest absolute Gasteiger partial charge is 0.242 e. The van der Waals surface area contributed by atoms with Crippen molar-refractivity contribution >= 4 is 28.4 Å². The molecule has 6 heteroatoms. The third-order valence-corrected chi connectivity index (χ3v) is 5.02. The highest BCUT2D eigenvalue weighted by molar-refractivity contribution is 6.01. The second-order valence-corrected chi connectivity index (χ2v) is 6.97. The van der Waals surface area contributed by atoms with Crippen LogP contribution in [0.4, 0.5) is 5.69 Å². The lowest BCUT2D eigenvalue weighted by atomic mass is 10.1. The summed E-state index contributed by atoms with van der Waals surface area (Å²) < 4.78 is 7.79. The number of benzene rings is 2. The number of fused-ring (bicyclic) bond motifs is 1. The van der Waals surface area contributed by atoms with Crippen LogP contribution >= 0.6 is 0 Å². The quantitative estimate of drug-likeness (QED) is 0.759. The van der Waals surface area contributed by atoms with Crippen molar-refractivity contribution in [3.8, 4) is 0 Å². The van der Waals surface area contributed by atoms with Crippen molar-refractivity contribution in [3.63, 3.8) is 0 Å². The first kappa shape index (κ1) is 18.3. The molecule has 144 valence electrons. The number of rotatable bonds is 4. The minimum Gasteiger partial charge on any atom is -0.370 e. The van der Waals surface area contributed by atoms with Crippen LogP contribution in [0, 0.1) is 0 Å². The highest BCUT2D eigenvalue weighted by atomic mass is 16.5. The molecule has 2 heterocycles. The summed E-state index contributed by atoms with van der Waals surface area (Å²) in [5.74, 6) is -0.0525. The third kappa shape index (κ3) is 3.77. The van der Waals surface area contributed by atoms with Crippen LogP contribution in [0.2, 0.25) is 0 Å². The second-order valence-electron chi connectivity index (χ2n) is 6.97. The Morgan fingerprint density at radius 2 is 1.93 bits per heavy atom. The Labute approximate surface area is 163 Å². The maximum absolute atomic E-state index is 12.9. The van der Waals surface area contributed by atoms with Gasteiger partial charge in [-0.15, -0.1) is 0 Å². The molecule has 1 fully saturated rings. The van der Waals surface area contributed by atoms with E-state index in [0.717, 1.165) is 22.2 Å².